The second-order valence-electron chi connectivity index (χ2n) is 16.0. The van der Waals surface area contributed by atoms with E-state index in [4.69, 9.17) is 23.2 Å². The number of para-hydroxylation sites is 3. The maximum atomic E-state index is 6.93. The van der Waals surface area contributed by atoms with Crippen LogP contribution in [0.4, 0.5) is 0 Å². The molecule has 0 atom stereocenters. The fraction of sp³-hybridized carbons (Fsp3) is 0. The van der Waals surface area contributed by atoms with E-state index in [1.54, 1.807) is 0 Å². The van der Waals surface area contributed by atoms with E-state index in [-0.39, 0.29) is 0 Å². The maximum Gasteiger partial charge on any atom is 0.231 e. The van der Waals surface area contributed by atoms with Gasteiger partial charge in [-0.25, -0.2) is 4.98 Å². The second-order valence-corrected chi connectivity index (χ2v) is 16.0. The molecule has 0 amide bonds. The van der Waals surface area contributed by atoms with E-state index in [2.05, 4.69) is 144 Å². The summed E-state index contributed by atoms with van der Waals surface area (Å²) in [6.07, 6.45) is 0. The summed E-state index contributed by atoms with van der Waals surface area (Å²) >= 11 is 0. The molecule has 6 heteroatoms. The van der Waals surface area contributed by atoms with Gasteiger partial charge in [0.1, 0.15) is 27.9 Å². The van der Waals surface area contributed by atoms with Crippen molar-refractivity contribution >= 4 is 98.5 Å². The Morgan fingerprint density at radius 2 is 1.08 bits per heavy atom. The van der Waals surface area contributed by atoms with Crippen molar-refractivity contribution in [1.82, 2.24) is 14.5 Å². The van der Waals surface area contributed by atoms with Gasteiger partial charge in [-0.3, -0.25) is 0 Å². The summed E-state index contributed by atoms with van der Waals surface area (Å²) < 4.78 is 22.5. The highest BCUT2D eigenvalue weighted by Gasteiger charge is 2.26. The van der Waals surface area contributed by atoms with Gasteiger partial charge in [-0.1, -0.05) is 133 Å². The topological polar surface area (TPSA) is 70.1 Å². The third-order valence-corrected chi connectivity index (χ3v) is 12.6. The molecule has 9 aromatic carbocycles. The molecule has 0 saturated heterocycles. The summed E-state index contributed by atoms with van der Waals surface area (Å²) in [5.41, 5.74) is 12.2. The van der Waals surface area contributed by atoms with Crippen molar-refractivity contribution < 1.29 is 13.3 Å². The highest BCUT2D eigenvalue weighted by Crippen LogP contribution is 2.46. The van der Waals surface area contributed by atoms with Crippen LogP contribution in [0.25, 0.3) is 138 Å². The van der Waals surface area contributed by atoms with Crippen LogP contribution in [0.15, 0.2) is 201 Å². The van der Waals surface area contributed by atoms with Gasteiger partial charge in [0.2, 0.25) is 5.71 Å². The first-order chi connectivity index (χ1) is 30.7. The molecule has 288 valence electrons. The van der Waals surface area contributed by atoms with Crippen molar-refractivity contribution in [3.63, 3.8) is 0 Å². The molecular formula is C56H31N3O3. The SMILES string of the molecule is c1ccc(-c2ccc3c(c2)oc2nc(-c4ccc(-n5c6ccccc6c6c7ccccc7ccc65)c5c4oc4ccccc45)nc(-c4cccc5oc6ccccc6c45)c23)cc1. The Hall–Kier alpha value is -8.48. The zero-order valence-corrected chi connectivity index (χ0v) is 33.0. The quantitative estimate of drug-likeness (QED) is 0.177. The lowest BCUT2D eigenvalue weighted by atomic mass is 9.99. The minimum Gasteiger partial charge on any atom is -0.456 e. The molecule has 14 aromatic rings. The van der Waals surface area contributed by atoms with E-state index >= 15 is 0 Å². The first kappa shape index (κ1) is 33.4. The van der Waals surface area contributed by atoms with Gasteiger partial charge >= 0.3 is 0 Å². The van der Waals surface area contributed by atoms with Gasteiger partial charge in [-0.2, -0.15) is 4.98 Å². The highest BCUT2D eigenvalue weighted by molar-refractivity contribution is 6.23. The number of hydrogen-bond donors (Lipinski definition) is 0. The van der Waals surface area contributed by atoms with Crippen LogP contribution in [0.5, 0.6) is 0 Å². The number of nitrogens with zero attached hydrogens (tertiary/aromatic N) is 3. The minimum atomic E-state index is 0.498. The van der Waals surface area contributed by atoms with Crippen LogP contribution in [0.1, 0.15) is 0 Å². The molecule has 0 bridgehead atoms. The van der Waals surface area contributed by atoms with Crippen molar-refractivity contribution in [1.29, 1.82) is 0 Å². The Kier molecular flexibility index (Phi) is 6.74. The molecule has 14 rings (SSSR count). The van der Waals surface area contributed by atoms with Gasteiger partial charge in [0.25, 0.3) is 0 Å². The standard InChI is InChI=1S/C56H31N3O3/c1-2-13-32(14-3-1)34-25-27-39-48(31-34)62-56-52(39)53(40-20-12-24-47-50(40)37-18-7-10-22-45(37)60-47)57-55(58-56)41-28-30-44(51-38-19-8-11-23-46(38)61-54(41)51)59-42-21-9-6-17-36(42)49-35-16-5-4-15-33(35)26-29-43(49)59/h1-31H. The monoisotopic (exact) mass is 793 g/mol. The summed E-state index contributed by atoms with van der Waals surface area (Å²) in [6, 6.07) is 65.4. The summed E-state index contributed by atoms with van der Waals surface area (Å²) in [4.78, 5) is 10.8. The van der Waals surface area contributed by atoms with Gasteiger partial charge in [-0.15, -0.1) is 0 Å². The first-order valence-corrected chi connectivity index (χ1v) is 20.8. The predicted octanol–water partition coefficient (Wildman–Crippen LogP) is 15.4. The molecule has 0 aliphatic heterocycles. The molecule has 5 aromatic heterocycles. The highest BCUT2D eigenvalue weighted by atomic mass is 16.3. The number of hydrogen-bond acceptors (Lipinski definition) is 5. The van der Waals surface area contributed by atoms with Crippen LogP contribution in [0, 0.1) is 0 Å². The molecule has 0 radical (unpaired) electrons. The Morgan fingerprint density at radius 3 is 1.95 bits per heavy atom. The molecule has 0 spiro atoms. The molecule has 5 heterocycles. The van der Waals surface area contributed by atoms with E-state index in [0.29, 0.717) is 17.1 Å². The number of furan rings is 3. The van der Waals surface area contributed by atoms with Gasteiger partial charge in [0.15, 0.2) is 5.82 Å². The molecule has 0 N–H and O–H groups in total. The Labute approximate surface area is 352 Å². The third kappa shape index (κ3) is 4.63. The van der Waals surface area contributed by atoms with Crippen molar-refractivity contribution in [3.8, 4) is 39.5 Å². The second kappa shape index (κ2) is 12.5. The van der Waals surface area contributed by atoms with Gasteiger partial charge in [-0.05, 0) is 76.5 Å². The number of fused-ring (bicyclic) bond motifs is 14. The normalized spacial score (nSPS) is 12.2. The predicted molar refractivity (Wildman–Crippen MR) is 252 cm³/mol. The molecule has 0 aliphatic carbocycles. The van der Waals surface area contributed by atoms with E-state index in [9.17, 15) is 0 Å². The number of benzene rings is 9. The molecule has 62 heavy (non-hydrogen) atoms. The zero-order chi connectivity index (χ0) is 40.5. The van der Waals surface area contributed by atoms with Crippen LogP contribution >= 0.6 is 0 Å². The largest absolute Gasteiger partial charge is 0.456 e. The van der Waals surface area contributed by atoms with Crippen LogP contribution in [-0.4, -0.2) is 14.5 Å². The van der Waals surface area contributed by atoms with Crippen molar-refractivity contribution in [2.24, 2.45) is 0 Å². The average Bonchev–Trinajstić information content (AvgIpc) is 4.10. The number of rotatable bonds is 4. The molecule has 0 aliphatic rings. The average molecular weight is 794 g/mol. The van der Waals surface area contributed by atoms with E-state index in [1.807, 2.05) is 48.5 Å². The van der Waals surface area contributed by atoms with Crippen molar-refractivity contribution in [2.75, 3.05) is 0 Å². The maximum absolute atomic E-state index is 6.93. The fourth-order valence-electron chi connectivity index (χ4n) is 9.94. The minimum absolute atomic E-state index is 0.498. The molecular weight excluding hydrogens is 763 g/mol. The van der Waals surface area contributed by atoms with Crippen molar-refractivity contribution in [2.45, 2.75) is 0 Å². The van der Waals surface area contributed by atoms with Gasteiger partial charge in [0.05, 0.1) is 38.8 Å². The lowest BCUT2D eigenvalue weighted by Crippen LogP contribution is -1.98. The van der Waals surface area contributed by atoms with Crippen LogP contribution in [-0.2, 0) is 0 Å². The number of aromatic nitrogens is 3. The van der Waals surface area contributed by atoms with Crippen LogP contribution < -0.4 is 0 Å². The fourth-order valence-corrected chi connectivity index (χ4v) is 9.94. The summed E-state index contributed by atoms with van der Waals surface area (Å²) in [5, 5.41) is 10.7. The van der Waals surface area contributed by atoms with Gasteiger partial charge in [0, 0.05) is 37.9 Å². The Bertz CT molecular complexity index is 4170. The lowest BCUT2D eigenvalue weighted by molar-refractivity contribution is 0.653. The molecule has 0 fully saturated rings. The summed E-state index contributed by atoms with van der Waals surface area (Å²) in [6.45, 7) is 0. The van der Waals surface area contributed by atoms with Crippen molar-refractivity contribution in [3.05, 3.63) is 188 Å². The van der Waals surface area contributed by atoms with E-state index in [1.165, 1.54) is 21.5 Å². The first-order valence-electron chi connectivity index (χ1n) is 20.8. The van der Waals surface area contributed by atoms with E-state index < -0.39 is 0 Å². The van der Waals surface area contributed by atoms with E-state index in [0.717, 1.165) is 99.3 Å². The Morgan fingerprint density at radius 1 is 0.371 bits per heavy atom. The Balaban J connectivity index is 1.08. The smallest absolute Gasteiger partial charge is 0.231 e. The van der Waals surface area contributed by atoms with Crippen LogP contribution in [0.3, 0.4) is 0 Å². The summed E-state index contributed by atoms with van der Waals surface area (Å²) in [7, 11) is 0. The molecule has 0 unspecified atom stereocenters. The van der Waals surface area contributed by atoms with Crippen LogP contribution in [0.2, 0.25) is 0 Å². The van der Waals surface area contributed by atoms with Gasteiger partial charge < -0.3 is 17.8 Å². The molecule has 6 nitrogen and oxygen atoms in total. The zero-order valence-electron chi connectivity index (χ0n) is 33.0. The molecule has 0 saturated carbocycles. The lowest BCUT2D eigenvalue weighted by Gasteiger charge is -2.13. The summed E-state index contributed by atoms with van der Waals surface area (Å²) in [5.74, 6) is 0.503. The third-order valence-electron chi connectivity index (χ3n) is 12.6.